The number of H-pyrrole nitrogens is 1. The molecule has 1 amide bonds. The maximum atomic E-state index is 12.8. The van der Waals surface area contributed by atoms with E-state index in [9.17, 15) is 9.59 Å². The maximum Gasteiger partial charge on any atom is 0.271 e. The second-order valence-corrected chi connectivity index (χ2v) is 8.33. The number of aromatic amines is 1. The zero-order valence-electron chi connectivity index (χ0n) is 19.9. The Labute approximate surface area is 199 Å². The van der Waals surface area contributed by atoms with Crippen LogP contribution < -0.4 is 21.5 Å². The molecule has 3 aromatic heterocycles. The van der Waals surface area contributed by atoms with Gasteiger partial charge in [-0.05, 0) is 25.0 Å². The number of anilines is 3. The van der Waals surface area contributed by atoms with Crippen LogP contribution in [0.1, 0.15) is 68.1 Å². The van der Waals surface area contributed by atoms with Crippen LogP contribution in [0.15, 0.2) is 35.4 Å². The number of aliphatic hydroxyl groups excluding tert-OH is 1. The lowest BCUT2D eigenvalue weighted by Crippen LogP contribution is -2.36. The lowest BCUT2D eigenvalue weighted by molar-refractivity contribution is 0.0929. The molecule has 0 bridgehead atoms. The molecule has 0 spiro atoms. The van der Waals surface area contributed by atoms with Crippen molar-refractivity contribution >= 4 is 28.9 Å². The molecule has 5 rings (SSSR count). The summed E-state index contributed by atoms with van der Waals surface area (Å²) in [5.41, 5.74) is 0.954. The molecule has 0 aromatic carbocycles. The summed E-state index contributed by atoms with van der Waals surface area (Å²) in [5.74, 6) is 0.920. The molecular formula is C24H35N7O3. The number of aliphatic hydroxyl groups is 1. The van der Waals surface area contributed by atoms with Gasteiger partial charge in [0.25, 0.3) is 11.5 Å². The first kappa shape index (κ1) is 25.2. The maximum absolute atomic E-state index is 12.8. The highest BCUT2D eigenvalue weighted by atomic mass is 16.2. The summed E-state index contributed by atoms with van der Waals surface area (Å²) >= 11 is 0. The van der Waals surface area contributed by atoms with Gasteiger partial charge in [0.05, 0.1) is 6.20 Å². The van der Waals surface area contributed by atoms with E-state index in [4.69, 9.17) is 5.11 Å². The molecule has 2 aliphatic rings. The van der Waals surface area contributed by atoms with Gasteiger partial charge in [0.15, 0.2) is 5.65 Å². The minimum absolute atomic E-state index is 0.175. The van der Waals surface area contributed by atoms with E-state index in [0.717, 1.165) is 32.8 Å². The summed E-state index contributed by atoms with van der Waals surface area (Å²) in [4.78, 5) is 31.9. The third-order valence-electron chi connectivity index (χ3n) is 5.99. The van der Waals surface area contributed by atoms with Crippen LogP contribution in [0.4, 0.5) is 17.3 Å². The van der Waals surface area contributed by atoms with Crippen LogP contribution >= 0.6 is 0 Å². The summed E-state index contributed by atoms with van der Waals surface area (Å²) in [6.45, 7) is 0. The van der Waals surface area contributed by atoms with Gasteiger partial charge in [0, 0.05) is 32.5 Å². The average Bonchev–Trinajstić information content (AvgIpc) is 3.25. The van der Waals surface area contributed by atoms with E-state index in [1.54, 1.807) is 36.0 Å². The van der Waals surface area contributed by atoms with Crippen molar-refractivity contribution in [3.05, 3.63) is 46.5 Å². The normalized spacial score (nSPS) is 15.1. The molecule has 2 fully saturated rings. The highest BCUT2D eigenvalue weighted by Crippen LogP contribution is 2.22. The number of aromatic nitrogens is 4. The molecule has 184 valence electrons. The van der Waals surface area contributed by atoms with E-state index in [-0.39, 0.29) is 17.5 Å². The zero-order valence-corrected chi connectivity index (χ0v) is 19.9. The SMILES string of the molecule is C1CCC1.CNc1cc(Nc2ccc[nH]c2=O)nc2c(C(=O)NC3CCCCC3)cnn12.CO. The monoisotopic (exact) mass is 469 g/mol. The van der Waals surface area contributed by atoms with Gasteiger partial charge in [-0.15, -0.1) is 0 Å². The van der Waals surface area contributed by atoms with Gasteiger partial charge in [-0.25, -0.2) is 4.98 Å². The fourth-order valence-electron chi connectivity index (χ4n) is 3.78. The number of amides is 1. The number of hydrogen-bond acceptors (Lipinski definition) is 7. The quantitative estimate of drug-likeness (QED) is 0.386. The van der Waals surface area contributed by atoms with Crippen molar-refractivity contribution in [2.45, 2.75) is 63.8 Å². The molecule has 3 heterocycles. The lowest BCUT2D eigenvalue weighted by atomic mass is 9.95. The Kier molecular flexibility index (Phi) is 9.45. The topological polar surface area (TPSA) is 136 Å². The van der Waals surface area contributed by atoms with Crippen LogP contribution in [0.2, 0.25) is 0 Å². The van der Waals surface area contributed by atoms with Crippen molar-refractivity contribution in [2.75, 3.05) is 24.8 Å². The summed E-state index contributed by atoms with van der Waals surface area (Å²) in [5, 5.41) is 20.5. The van der Waals surface area contributed by atoms with Gasteiger partial charge in [-0.2, -0.15) is 9.61 Å². The first-order valence-corrected chi connectivity index (χ1v) is 11.9. The number of nitrogens with zero attached hydrogens (tertiary/aromatic N) is 3. The number of pyridine rings is 1. The molecule has 2 aliphatic carbocycles. The van der Waals surface area contributed by atoms with Crippen molar-refractivity contribution in [2.24, 2.45) is 0 Å². The van der Waals surface area contributed by atoms with Gasteiger partial charge in [-0.3, -0.25) is 9.59 Å². The van der Waals surface area contributed by atoms with Crippen molar-refractivity contribution in [3.63, 3.8) is 0 Å². The molecule has 0 saturated heterocycles. The molecule has 0 unspecified atom stereocenters. The summed E-state index contributed by atoms with van der Waals surface area (Å²) in [7, 11) is 2.76. The van der Waals surface area contributed by atoms with Crippen molar-refractivity contribution in [1.29, 1.82) is 0 Å². The Hall–Kier alpha value is -3.40. The van der Waals surface area contributed by atoms with Gasteiger partial charge in [0.1, 0.15) is 22.9 Å². The molecule has 2 saturated carbocycles. The number of nitrogens with one attached hydrogen (secondary N) is 4. The van der Waals surface area contributed by atoms with Gasteiger partial charge < -0.3 is 26.0 Å². The van der Waals surface area contributed by atoms with E-state index in [0.29, 0.717) is 28.5 Å². The van der Waals surface area contributed by atoms with Gasteiger partial charge >= 0.3 is 0 Å². The van der Waals surface area contributed by atoms with Crippen LogP contribution in [-0.2, 0) is 0 Å². The largest absolute Gasteiger partial charge is 0.400 e. The van der Waals surface area contributed by atoms with Crippen LogP contribution in [0.5, 0.6) is 0 Å². The zero-order chi connectivity index (χ0) is 24.3. The predicted octanol–water partition coefficient (Wildman–Crippen LogP) is 3.43. The molecule has 5 N–H and O–H groups in total. The smallest absolute Gasteiger partial charge is 0.271 e. The molecule has 10 nitrogen and oxygen atoms in total. The van der Waals surface area contributed by atoms with Crippen LogP contribution in [0, 0.1) is 0 Å². The van der Waals surface area contributed by atoms with Crippen LogP contribution in [0.3, 0.4) is 0 Å². The lowest BCUT2D eigenvalue weighted by Gasteiger charge is -2.22. The fraction of sp³-hybridized carbons (Fsp3) is 0.500. The number of rotatable bonds is 5. The highest BCUT2D eigenvalue weighted by molar-refractivity contribution is 6.00. The first-order chi connectivity index (χ1) is 16.7. The Morgan fingerprint density at radius 3 is 2.41 bits per heavy atom. The molecule has 0 atom stereocenters. The minimum atomic E-state index is -0.251. The summed E-state index contributed by atoms with van der Waals surface area (Å²) < 4.78 is 1.58. The first-order valence-electron chi connectivity index (χ1n) is 11.9. The molecule has 0 radical (unpaired) electrons. The standard InChI is InChI=1S/C19H23N7O2.C4H8.CH4O/c1-20-16-10-15(24-14-8-5-9-21-19(14)28)25-17-13(11-22-26(16)17)18(27)23-12-6-3-2-4-7-12;1-2-4-3-1;1-2/h5,8-12,20H,2-4,6-7H2,1H3,(H,21,28)(H,23,27)(H,24,25);1-4H2;2H,1H3. The van der Waals surface area contributed by atoms with E-state index in [1.807, 2.05) is 0 Å². The average molecular weight is 470 g/mol. The number of fused-ring (bicyclic) bond motifs is 1. The third kappa shape index (κ3) is 6.34. The van der Waals surface area contributed by atoms with Crippen molar-refractivity contribution < 1.29 is 9.90 Å². The van der Waals surface area contributed by atoms with Gasteiger partial charge in [-0.1, -0.05) is 44.9 Å². The van der Waals surface area contributed by atoms with Gasteiger partial charge in [0.2, 0.25) is 0 Å². The van der Waals surface area contributed by atoms with E-state index >= 15 is 0 Å². The summed E-state index contributed by atoms with van der Waals surface area (Å²) in [6.07, 6.45) is 14.6. The predicted molar refractivity (Wildman–Crippen MR) is 134 cm³/mol. The minimum Gasteiger partial charge on any atom is -0.400 e. The number of hydrogen-bond donors (Lipinski definition) is 5. The van der Waals surface area contributed by atoms with Crippen molar-refractivity contribution in [1.82, 2.24) is 24.9 Å². The highest BCUT2D eigenvalue weighted by Gasteiger charge is 2.21. The third-order valence-corrected chi connectivity index (χ3v) is 5.99. The second kappa shape index (κ2) is 12.7. The Morgan fingerprint density at radius 1 is 1.12 bits per heavy atom. The molecular weight excluding hydrogens is 434 g/mol. The van der Waals surface area contributed by atoms with Crippen LogP contribution in [-0.4, -0.2) is 50.8 Å². The molecule has 0 aliphatic heterocycles. The molecule has 34 heavy (non-hydrogen) atoms. The van der Waals surface area contributed by atoms with E-state index in [1.165, 1.54) is 38.3 Å². The number of carbonyl (C=O) groups is 1. The van der Waals surface area contributed by atoms with E-state index in [2.05, 4.69) is 31.0 Å². The van der Waals surface area contributed by atoms with E-state index < -0.39 is 0 Å². The molecule has 3 aromatic rings. The number of carbonyl (C=O) groups excluding carboxylic acids is 1. The Balaban J connectivity index is 0.000000480. The van der Waals surface area contributed by atoms with Crippen molar-refractivity contribution in [3.8, 4) is 0 Å². The Bertz CT molecular complexity index is 1110. The van der Waals surface area contributed by atoms with Crippen LogP contribution in [0.25, 0.3) is 5.65 Å². The molecule has 10 heteroatoms. The fourth-order valence-corrected chi connectivity index (χ4v) is 3.78. The summed E-state index contributed by atoms with van der Waals surface area (Å²) in [6, 6.07) is 5.32. The second-order valence-electron chi connectivity index (χ2n) is 8.33. The Morgan fingerprint density at radius 2 is 1.79 bits per heavy atom.